The van der Waals surface area contributed by atoms with Crippen molar-refractivity contribution >= 4 is 57.4 Å². The number of nitrogens with zero attached hydrogens (tertiary/aromatic N) is 2. The lowest BCUT2D eigenvalue weighted by atomic mass is 10.1. The third kappa shape index (κ3) is 5.20. The molecule has 0 saturated carbocycles. The Morgan fingerprint density at radius 3 is 2.39 bits per heavy atom. The summed E-state index contributed by atoms with van der Waals surface area (Å²) in [4.78, 5) is 42.4. The molecule has 0 aromatic heterocycles. The minimum absolute atomic E-state index is 0.0544. The van der Waals surface area contributed by atoms with E-state index < -0.39 is 6.04 Å². The first-order chi connectivity index (χ1) is 17.3. The molecule has 6 nitrogen and oxygen atoms in total. The van der Waals surface area contributed by atoms with E-state index in [2.05, 4.69) is 5.32 Å². The molecule has 1 unspecified atom stereocenters. The maximum Gasteiger partial charge on any atom is 0.258 e. The highest BCUT2D eigenvalue weighted by molar-refractivity contribution is 6.36. The summed E-state index contributed by atoms with van der Waals surface area (Å²) >= 11 is 12.7. The monoisotopic (exact) mass is 525 g/mol. The third-order valence-electron chi connectivity index (χ3n) is 6.53. The van der Waals surface area contributed by atoms with Gasteiger partial charge in [-0.3, -0.25) is 14.4 Å². The van der Waals surface area contributed by atoms with Crippen molar-refractivity contribution in [3.05, 3.63) is 75.8 Å². The number of nitrogens with one attached hydrogen (secondary N) is 1. The van der Waals surface area contributed by atoms with E-state index in [4.69, 9.17) is 23.2 Å². The van der Waals surface area contributed by atoms with Gasteiger partial charge in [0.25, 0.3) is 5.91 Å². The van der Waals surface area contributed by atoms with Gasteiger partial charge >= 0.3 is 0 Å². The van der Waals surface area contributed by atoms with E-state index in [0.29, 0.717) is 40.7 Å². The molecule has 1 N–H and O–H groups in total. The molecule has 1 heterocycles. The molecule has 3 aromatic rings. The van der Waals surface area contributed by atoms with E-state index in [1.807, 2.05) is 43.3 Å². The maximum absolute atomic E-state index is 13.4. The molecule has 8 heteroatoms. The standard InChI is InChI=1S/C28H29Cl2N3O3/c1-3-15-31-27(35)18(2)33(17-21-22(29)11-6-12-23(21)30)25(34)14-7-16-32-24-13-5-9-19-8-4-10-20(26(19)24)28(32)36/h4-6,8-13,18H,3,7,14-17H2,1-2H3,(H,31,35). The van der Waals surface area contributed by atoms with E-state index in [1.165, 1.54) is 4.90 Å². The fourth-order valence-electron chi connectivity index (χ4n) is 4.57. The zero-order chi connectivity index (χ0) is 25.8. The number of amides is 3. The summed E-state index contributed by atoms with van der Waals surface area (Å²) < 4.78 is 0. The maximum atomic E-state index is 13.4. The highest BCUT2D eigenvalue weighted by Crippen LogP contribution is 2.37. The van der Waals surface area contributed by atoms with Gasteiger partial charge in [0.15, 0.2) is 0 Å². The Balaban J connectivity index is 1.48. The second-order valence-electron chi connectivity index (χ2n) is 8.93. The molecule has 36 heavy (non-hydrogen) atoms. The summed E-state index contributed by atoms with van der Waals surface area (Å²) in [5.41, 5.74) is 2.15. The van der Waals surface area contributed by atoms with E-state index >= 15 is 0 Å². The van der Waals surface area contributed by atoms with Gasteiger partial charge in [-0.2, -0.15) is 0 Å². The van der Waals surface area contributed by atoms with Crippen molar-refractivity contribution in [1.82, 2.24) is 10.2 Å². The molecule has 0 fully saturated rings. The van der Waals surface area contributed by atoms with Crippen molar-refractivity contribution in [2.45, 2.75) is 45.7 Å². The van der Waals surface area contributed by atoms with Crippen LogP contribution >= 0.6 is 23.2 Å². The van der Waals surface area contributed by atoms with Crippen molar-refractivity contribution < 1.29 is 14.4 Å². The molecule has 3 amide bonds. The molecule has 0 bridgehead atoms. The predicted octanol–water partition coefficient (Wildman–Crippen LogP) is 5.83. The number of halogens is 2. The number of carbonyl (C=O) groups excluding carboxylic acids is 3. The summed E-state index contributed by atoms with van der Waals surface area (Å²) in [7, 11) is 0. The van der Waals surface area contributed by atoms with Crippen molar-refractivity contribution in [1.29, 1.82) is 0 Å². The van der Waals surface area contributed by atoms with Crippen molar-refractivity contribution in [3.63, 3.8) is 0 Å². The van der Waals surface area contributed by atoms with E-state index in [-0.39, 0.29) is 30.7 Å². The lowest BCUT2D eigenvalue weighted by Crippen LogP contribution is -2.48. The SMILES string of the molecule is CCCNC(=O)C(C)N(Cc1c(Cl)cccc1Cl)C(=O)CCCN1C(=O)c2cccc3cccc1c23. The summed E-state index contributed by atoms with van der Waals surface area (Å²) in [5.74, 6) is -0.487. The Kier molecular flexibility index (Phi) is 8.17. The molecule has 0 radical (unpaired) electrons. The molecule has 1 aliphatic heterocycles. The van der Waals surface area contributed by atoms with Crippen molar-refractivity contribution in [2.24, 2.45) is 0 Å². The predicted molar refractivity (Wildman–Crippen MR) is 145 cm³/mol. The fourth-order valence-corrected chi connectivity index (χ4v) is 5.08. The Labute approximate surface area is 221 Å². The van der Waals surface area contributed by atoms with Gasteiger partial charge in [-0.25, -0.2) is 0 Å². The van der Waals surface area contributed by atoms with Gasteiger partial charge in [-0.05, 0) is 49.4 Å². The smallest absolute Gasteiger partial charge is 0.258 e. The summed E-state index contributed by atoms with van der Waals surface area (Å²) in [6.07, 6.45) is 1.41. The lowest BCUT2D eigenvalue weighted by Gasteiger charge is -2.29. The Bertz CT molecular complexity index is 1280. The third-order valence-corrected chi connectivity index (χ3v) is 7.24. The first-order valence-electron chi connectivity index (χ1n) is 12.2. The molecule has 188 valence electrons. The van der Waals surface area contributed by atoms with Gasteiger partial charge < -0.3 is 15.1 Å². The lowest BCUT2D eigenvalue weighted by molar-refractivity contribution is -0.140. The number of hydrogen-bond donors (Lipinski definition) is 1. The van der Waals surface area contributed by atoms with Gasteiger partial charge in [-0.1, -0.05) is 60.5 Å². The van der Waals surface area contributed by atoms with E-state index in [9.17, 15) is 14.4 Å². The summed E-state index contributed by atoms with van der Waals surface area (Å²) in [5, 5.41) is 5.71. The topological polar surface area (TPSA) is 69.7 Å². The molecule has 1 atom stereocenters. The second kappa shape index (κ2) is 11.3. The highest BCUT2D eigenvalue weighted by Gasteiger charge is 2.30. The van der Waals surface area contributed by atoms with E-state index in [0.717, 1.165) is 22.9 Å². The number of anilines is 1. The minimum Gasteiger partial charge on any atom is -0.354 e. The first-order valence-corrected chi connectivity index (χ1v) is 12.9. The van der Waals surface area contributed by atoms with Crippen LogP contribution in [0.5, 0.6) is 0 Å². The summed E-state index contributed by atoms with van der Waals surface area (Å²) in [6, 6.07) is 16.0. The number of hydrogen-bond acceptors (Lipinski definition) is 3. The Morgan fingerprint density at radius 2 is 1.69 bits per heavy atom. The van der Waals surface area contributed by atoms with Crippen molar-refractivity contribution in [2.75, 3.05) is 18.0 Å². The van der Waals surface area contributed by atoms with Crippen LogP contribution in [0.25, 0.3) is 10.8 Å². The van der Waals surface area contributed by atoms with Crippen LogP contribution < -0.4 is 10.2 Å². The summed E-state index contributed by atoms with van der Waals surface area (Å²) in [6.45, 7) is 4.72. The fraction of sp³-hybridized carbons (Fsp3) is 0.321. The molecule has 0 spiro atoms. The zero-order valence-electron chi connectivity index (χ0n) is 20.4. The average molecular weight is 526 g/mol. The molecule has 3 aromatic carbocycles. The first kappa shape index (κ1) is 26.0. The molecule has 0 aliphatic carbocycles. The van der Waals surface area contributed by atoms with Crippen LogP contribution in [0.3, 0.4) is 0 Å². The molecule has 1 aliphatic rings. The molecular weight excluding hydrogens is 497 g/mol. The Hall–Kier alpha value is -3.09. The highest BCUT2D eigenvalue weighted by atomic mass is 35.5. The van der Waals surface area contributed by atoms with Crippen LogP contribution in [0.2, 0.25) is 10.0 Å². The van der Waals surface area contributed by atoms with Crippen LogP contribution in [-0.4, -0.2) is 41.8 Å². The number of carbonyl (C=O) groups is 3. The van der Waals surface area contributed by atoms with Gasteiger partial charge in [0, 0.05) is 52.6 Å². The van der Waals surface area contributed by atoms with E-state index in [1.54, 1.807) is 30.0 Å². The van der Waals surface area contributed by atoms with Crippen LogP contribution in [0.4, 0.5) is 5.69 Å². The minimum atomic E-state index is -0.706. The van der Waals surface area contributed by atoms with Gasteiger partial charge in [0.2, 0.25) is 11.8 Å². The average Bonchev–Trinajstić information content (AvgIpc) is 3.14. The van der Waals surface area contributed by atoms with Crippen LogP contribution in [-0.2, 0) is 16.1 Å². The quantitative estimate of drug-likeness (QED) is 0.362. The van der Waals surface area contributed by atoms with Crippen LogP contribution in [0.15, 0.2) is 54.6 Å². The largest absolute Gasteiger partial charge is 0.354 e. The number of benzene rings is 3. The van der Waals surface area contributed by atoms with Gasteiger partial charge in [-0.15, -0.1) is 0 Å². The second-order valence-corrected chi connectivity index (χ2v) is 9.74. The van der Waals surface area contributed by atoms with Gasteiger partial charge in [0.05, 0.1) is 5.69 Å². The zero-order valence-corrected chi connectivity index (χ0v) is 21.9. The van der Waals surface area contributed by atoms with Crippen LogP contribution in [0.1, 0.15) is 49.0 Å². The number of rotatable bonds is 10. The molecule has 4 rings (SSSR count). The molecular formula is C28H29Cl2N3O3. The normalized spacial score (nSPS) is 13.2. The van der Waals surface area contributed by atoms with Crippen molar-refractivity contribution in [3.8, 4) is 0 Å². The Morgan fingerprint density at radius 1 is 1.03 bits per heavy atom. The molecule has 0 saturated heterocycles. The van der Waals surface area contributed by atoms with Crippen LogP contribution in [0, 0.1) is 0 Å². The van der Waals surface area contributed by atoms with Gasteiger partial charge in [0.1, 0.15) is 6.04 Å².